The van der Waals surface area contributed by atoms with Crippen molar-refractivity contribution in [1.82, 2.24) is 5.32 Å². The Bertz CT molecular complexity index is 429. The van der Waals surface area contributed by atoms with Crippen molar-refractivity contribution in [2.24, 2.45) is 0 Å². The summed E-state index contributed by atoms with van der Waals surface area (Å²) in [5.74, 6) is -0.768. The Balaban J connectivity index is 1.99. The van der Waals surface area contributed by atoms with Gasteiger partial charge in [0.2, 0.25) is 0 Å². The van der Waals surface area contributed by atoms with Gasteiger partial charge in [0.05, 0.1) is 0 Å². The molecule has 1 aliphatic carbocycles. The van der Waals surface area contributed by atoms with Crippen molar-refractivity contribution < 1.29 is 9.90 Å². The van der Waals surface area contributed by atoms with Crippen LogP contribution in [0.4, 0.5) is 0 Å². The minimum atomic E-state index is -0.768. The zero-order valence-electron chi connectivity index (χ0n) is 10.9. The molecule has 1 aromatic carbocycles. The highest BCUT2D eigenvalue weighted by Crippen LogP contribution is 2.22. The Morgan fingerprint density at radius 2 is 2.06 bits per heavy atom. The highest BCUT2D eigenvalue weighted by molar-refractivity contribution is 5.73. The summed E-state index contributed by atoms with van der Waals surface area (Å²) in [5.41, 5.74) is 4.21. The summed E-state index contributed by atoms with van der Waals surface area (Å²) < 4.78 is 0. The second kappa shape index (κ2) is 6.01. The van der Waals surface area contributed by atoms with Gasteiger partial charge in [-0.1, -0.05) is 18.2 Å². The number of carboxylic acids is 1. The molecule has 1 aliphatic rings. The van der Waals surface area contributed by atoms with Crippen LogP contribution in [0.15, 0.2) is 18.2 Å². The van der Waals surface area contributed by atoms with Gasteiger partial charge in [0, 0.05) is 0 Å². The van der Waals surface area contributed by atoms with E-state index in [2.05, 4.69) is 23.5 Å². The molecule has 0 amide bonds. The number of carboxylic acid groups (broad SMARTS) is 1. The molecule has 2 rings (SSSR count). The molecule has 0 aromatic heterocycles. The predicted molar refractivity (Wildman–Crippen MR) is 71.9 cm³/mol. The normalized spacial score (nSPS) is 16.1. The number of nitrogens with one attached hydrogen (secondary N) is 1. The van der Waals surface area contributed by atoms with Gasteiger partial charge in [0.1, 0.15) is 6.04 Å². The number of rotatable bonds is 5. The van der Waals surface area contributed by atoms with Crippen molar-refractivity contribution >= 4 is 5.97 Å². The van der Waals surface area contributed by atoms with E-state index in [1.165, 1.54) is 42.4 Å². The van der Waals surface area contributed by atoms with E-state index < -0.39 is 12.0 Å². The Morgan fingerprint density at radius 3 is 2.72 bits per heavy atom. The van der Waals surface area contributed by atoms with Crippen LogP contribution in [0, 0.1) is 0 Å². The van der Waals surface area contributed by atoms with Gasteiger partial charge in [-0.25, -0.2) is 0 Å². The summed E-state index contributed by atoms with van der Waals surface area (Å²) in [6, 6.07) is 6.20. The van der Waals surface area contributed by atoms with E-state index >= 15 is 0 Å². The van der Waals surface area contributed by atoms with Gasteiger partial charge in [-0.15, -0.1) is 0 Å². The first-order valence-corrected chi connectivity index (χ1v) is 6.71. The molecule has 0 radical (unpaired) electrons. The Morgan fingerprint density at radius 1 is 1.33 bits per heavy atom. The quantitative estimate of drug-likeness (QED) is 0.838. The standard InChI is InChI=1S/C15H21NO2/c1-16-14(15(17)18)9-7-11-6-8-12-4-2-3-5-13(12)10-11/h6,8,10,14,16H,2-5,7,9H2,1H3,(H,17,18). The van der Waals surface area contributed by atoms with Crippen LogP contribution in [0.3, 0.4) is 0 Å². The fourth-order valence-electron chi connectivity index (χ4n) is 2.64. The lowest BCUT2D eigenvalue weighted by Crippen LogP contribution is -2.34. The molecule has 98 valence electrons. The van der Waals surface area contributed by atoms with E-state index in [1.807, 2.05) is 0 Å². The molecule has 0 aliphatic heterocycles. The maximum atomic E-state index is 10.9. The van der Waals surface area contributed by atoms with Gasteiger partial charge in [-0.05, 0) is 62.3 Å². The number of aryl methyl sites for hydroxylation is 3. The first kappa shape index (κ1) is 13.1. The van der Waals surface area contributed by atoms with E-state index in [4.69, 9.17) is 5.11 Å². The SMILES string of the molecule is CNC(CCc1ccc2c(c1)CCCC2)C(=O)O. The first-order chi connectivity index (χ1) is 8.70. The van der Waals surface area contributed by atoms with E-state index in [0.29, 0.717) is 6.42 Å². The third kappa shape index (κ3) is 3.10. The lowest BCUT2D eigenvalue weighted by molar-refractivity contribution is -0.139. The van der Waals surface area contributed by atoms with Crippen LogP contribution in [-0.2, 0) is 24.1 Å². The highest BCUT2D eigenvalue weighted by Gasteiger charge is 2.15. The van der Waals surface area contributed by atoms with Gasteiger partial charge >= 0.3 is 5.97 Å². The van der Waals surface area contributed by atoms with Crippen LogP contribution in [0.1, 0.15) is 36.0 Å². The summed E-state index contributed by atoms with van der Waals surface area (Å²) >= 11 is 0. The summed E-state index contributed by atoms with van der Waals surface area (Å²) in [5, 5.41) is 11.8. The number of hydrogen-bond acceptors (Lipinski definition) is 2. The molecule has 0 saturated carbocycles. The fourth-order valence-corrected chi connectivity index (χ4v) is 2.64. The fraction of sp³-hybridized carbons (Fsp3) is 0.533. The van der Waals surface area contributed by atoms with Crippen molar-refractivity contribution in [3.05, 3.63) is 34.9 Å². The number of aliphatic carboxylic acids is 1. The Labute approximate surface area is 108 Å². The number of fused-ring (bicyclic) bond motifs is 1. The third-order valence-corrected chi connectivity index (χ3v) is 3.78. The van der Waals surface area contributed by atoms with E-state index in [-0.39, 0.29) is 0 Å². The van der Waals surface area contributed by atoms with Crippen molar-refractivity contribution in [2.45, 2.75) is 44.6 Å². The van der Waals surface area contributed by atoms with Gasteiger partial charge in [-0.2, -0.15) is 0 Å². The van der Waals surface area contributed by atoms with Crippen molar-refractivity contribution in [3.8, 4) is 0 Å². The molecular weight excluding hydrogens is 226 g/mol. The van der Waals surface area contributed by atoms with E-state index in [0.717, 1.165) is 6.42 Å². The van der Waals surface area contributed by atoms with Crippen molar-refractivity contribution in [3.63, 3.8) is 0 Å². The molecular formula is C15H21NO2. The minimum absolute atomic E-state index is 0.443. The van der Waals surface area contributed by atoms with Gasteiger partial charge in [-0.3, -0.25) is 4.79 Å². The molecule has 1 aromatic rings. The van der Waals surface area contributed by atoms with Crippen LogP contribution in [0.5, 0.6) is 0 Å². The molecule has 18 heavy (non-hydrogen) atoms. The summed E-state index contributed by atoms with van der Waals surface area (Å²) in [6.07, 6.45) is 6.43. The average molecular weight is 247 g/mol. The molecule has 0 spiro atoms. The second-order valence-corrected chi connectivity index (χ2v) is 5.03. The minimum Gasteiger partial charge on any atom is -0.480 e. The largest absolute Gasteiger partial charge is 0.480 e. The van der Waals surface area contributed by atoms with Crippen molar-refractivity contribution in [1.29, 1.82) is 0 Å². The number of likely N-dealkylation sites (N-methyl/N-ethyl adjacent to an activating group) is 1. The van der Waals surface area contributed by atoms with Gasteiger partial charge in [0.15, 0.2) is 0 Å². The Kier molecular flexibility index (Phi) is 4.37. The van der Waals surface area contributed by atoms with Gasteiger partial charge in [0.25, 0.3) is 0 Å². The van der Waals surface area contributed by atoms with Crippen LogP contribution in [-0.4, -0.2) is 24.2 Å². The van der Waals surface area contributed by atoms with Crippen LogP contribution in [0.2, 0.25) is 0 Å². The van der Waals surface area contributed by atoms with Crippen LogP contribution >= 0.6 is 0 Å². The molecule has 3 heteroatoms. The van der Waals surface area contributed by atoms with Crippen molar-refractivity contribution in [2.75, 3.05) is 7.05 Å². The maximum Gasteiger partial charge on any atom is 0.320 e. The predicted octanol–water partition coefficient (Wildman–Crippen LogP) is 2.17. The van der Waals surface area contributed by atoms with Crippen LogP contribution < -0.4 is 5.32 Å². The zero-order valence-corrected chi connectivity index (χ0v) is 10.9. The summed E-state index contributed by atoms with van der Waals surface area (Å²) in [7, 11) is 1.70. The monoisotopic (exact) mass is 247 g/mol. The number of hydrogen-bond donors (Lipinski definition) is 2. The molecule has 0 saturated heterocycles. The van der Waals surface area contributed by atoms with Gasteiger partial charge < -0.3 is 10.4 Å². The number of carbonyl (C=O) groups is 1. The first-order valence-electron chi connectivity index (χ1n) is 6.71. The van der Waals surface area contributed by atoms with E-state index in [9.17, 15) is 4.79 Å². The highest BCUT2D eigenvalue weighted by atomic mass is 16.4. The third-order valence-electron chi connectivity index (χ3n) is 3.78. The number of benzene rings is 1. The lowest BCUT2D eigenvalue weighted by Gasteiger charge is -2.17. The zero-order chi connectivity index (χ0) is 13.0. The second-order valence-electron chi connectivity index (χ2n) is 5.03. The molecule has 2 N–H and O–H groups in total. The Hall–Kier alpha value is -1.35. The molecule has 3 nitrogen and oxygen atoms in total. The summed E-state index contributed by atoms with van der Waals surface area (Å²) in [4.78, 5) is 10.9. The lowest BCUT2D eigenvalue weighted by atomic mass is 9.89. The molecule has 0 fully saturated rings. The molecule has 0 heterocycles. The topological polar surface area (TPSA) is 49.3 Å². The maximum absolute atomic E-state index is 10.9. The van der Waals surface area contributed by atoms with Crippen LogP contribution in [0.25, 0.3) is 0 Å². The summed E-state index contributed by atoms with van der Waals surface area (Å²) in [6.45, 7) is 0. The molecule has 1 atom stereocenters. The molecule has 0 bridgehead atoms. The smallest absolute Gasteiger partial charge is 0.320 e. The average Bonchev–Trinajstić information content (AvgIpc) is 2.39. The molecule has 1 unspecified atom stereocenters. The van der Waals surface area contributed by atoms with E-state index in [1.54, 1.807) is 7.05 Å².